The van der Waals surface area contributed by atoms with Crippen LogP contribution in [0.1, 0.15) is 40.0 Å². The molecule has 1 saturated heterocycles. The van der Waals surface area contributed by atoms with Gasteiger partial charge in [-0.15, -0.1) is 0 Å². The van der Waals surface area contributed by atoms with Gasteiger partial charge >= 0.3 is 6.09 Å². The Bertz CT molecular complexity index is 1610. The standard InChI is InChI=1S/C33H29ClFN3O3S/c1-22-17-24(18-30(34)36-22)31(39)38-21-33(13-15-37(16-14-33)32(40)41-20-23-5-3-2-4-6-23)28-19-27(11-12-29(28)38)42-26-9-7-25(35)8-10-26/h2-12,17-19H,13-16,20-21H2,1H3. The molecule has 1 fully saturated rings. The molecule has 0 radical (unpaired) electrons. The predicted octanol–water partition coefficient (Wildman–Crippen LogP) is 7.66. The van der Waals surface area contributed by atoms with E-state index in [4.69, 9.17) is 16.3 Å². The Balaban J connectivity index is 1.26. The second-order valence-electron chi connectivity index (χ2n) is 10.8. The molecule has 9 heteroatoms. The minimum Gasteiger partial charge on any atom is -0.445 e. The van der Waals surface area contributed by atoms with Crippen LogP contribution < -0.4 is 4.90 Å². The van der Waals surface area contributed by atoms with Crippen molar-refractivity contribution >= 4 is 41.1 Å². The van der Waals surface area contributed by atoms with E-state index < -0.39 is 0 Å². The number of benzene rings is 3. The van der Waals surface area contributed by atoms with Gasteiger partial charge in [0.25, 0.3) is 5.91 Å². The normalized spacial score (nSPS) is 15.5. The first kappa shape index (κ1) is 28.2. The number of likely N-dealkylation sites (tertiary alicyclic amines) is 1. The molecule has 42 heavy (non-hydrogen) atoms. The summed E-state index contributed by atoms with van der Waals surface area (Å²) in [5.41, 5.74) is 3.71. The lowest BCUT2D eigenvalue weighted by atomic mass is 9.74. The monoisotopic (exact) mass is 601 g/mol. The molecule has 1 aromatic heterocycles. The number of aromatic nitrogens is 1. The first-order valence-electron chi connectivity index (χ1n) is 13.8. The summed E-state index contributed by atoms with van der Waals surface area (Å²) < 4.78 is 19.1. The van der Waals surface area contributed by atoms with Gasteiger partial charge in [-0.3, -0.25) is 4.79 Å². The predicted molar refractivity (Wildman–Crippen MR) is 162 cm³/mol. The minimum absolute atomic E-state index is 0.135. The first-order valence-corrected chi connectivity index (χ1v) is 15.0. The van der Waals surface area contributed by atoms with Crippen LogP contribution in [0.3, 0.4) is 0 Å². The maximum Gasteiger partial charge on any atom is 0.410 e. The Morgan fingerprint density at radius 1 is 0.976 bits per heavy atom. The van der Waals surface area contributed by atoms with Gasteiger partial charge in [0.2, 0.25) is 0 Å². The van der Waals surface area contributed by atoms with E-state index in [9.17, 15) is 14.0 Å². The summed E-state index contributed by atoms with van der Waals surface area (Å²) >= 11 is 7.75. The van der Waals surface area contributed by atoms with Crippen LogP contribution in [0.2, 0.25) is 5.15 Å². The number of hydrogen-bond donors (Lipinski definition) is 0. The Morgan fingerprint density at radius 3 is 2.40 bits per heavy atom. The molecule has 0 atom stereocenters. The molecule has 2 aliphatic rings. The van der Waals surface area contributed by atoms with Crippen molar-refractivity contribution in [3.8, 4) is 0 Å². The van der Waals surface area contributed by atoms with Crippen molar-refractivity contribution in [1.82, 2.24) is 9.88 Å². The Labute approximate surface area is 253 Å². The highest BCUT2D eigenvalue weighted by molar-refractivity contribution is 7.99. The van der Waals surface area contributed by atoms with Crippen molar-refractivity contribution in [2.45, 2.75) is 41.6 Å². The summed E-state index contributed by atoms with van der Waals surface area (Å²) in [7, 11) is 0. The summed E-state index contributed by atoms with van der Waals surface area (Å²) in [4.78, 5) is 36.5. The van der Waals surface area contributed by atoms with Gasteiger partial charge in [0.1, 0.15) is 17.6 Å². The van der Waals surface area contributed by atoms with E-state index in [-0.39, 0.29) is 35.0 Å². The number of carbonyl (C=O) groups excluding carboxylic acids is 2. The van der Waals surface area contributed by atoms with E-state index in [0.717, 1.165) is 26.6 Å². The molecule has 2 aliphatic heterocycles. The van der Waals surface area contributed by atoms with E-state index >= 15 is 0 Å². The summed E-state index contributed by atoms with van der Waals surface area (Å²) in [5, 5.41) is 0.279. The van der Waals surface area contributed by atoms with Gasteiger partial charge in [0.05, 0.1) is 0 Å². The average molecular weight is 602 g/mol. The number of nitrogens with zero attached hydrogens (tertiary/aromatic N) is 3. The fraction of sp³-hybridized carbons (Fsp3) is 0.242. The molecule has 3 heterocycles. The van der Waals surface area contributed by atoms with Crippen molar-refractivity contribution in [3.63, 3.8) is 0 Å². The molecule has 214 valence electrons. The fourth-order valence-electron chi connectivity index (χ4n) is 5.79. The maximum atomic E-state index is 13.9. The molecule has 6 nitrogen and oxygen atoms in total. The van der Waals surface area contributed by atoms with Crippen molar-refractivity contribution < 1.29 is 18.7 Å². The zero-order chi connectivity index (χ0) is 29.3. The molecule has 0 aliphatic carbocycles. The Morgan fingerprint density at radius 2 is 1.69 bits per heavy atom. The molecular weight excluding hydrogens is 573 g/mol. The number of piperidine rings is 1. The van der Waals surface area contributed by atoms with E-state index in [2.05, 4.69) is 11.1 Å². The lowest BCUT2D eigenvalue weighted by molar-refractivity contribution is 0.0780. The van der Waals surface area contributed by atoms with E-state index in [1.54, 1.807) is 40.9 Å². The number of rotatable bonds is 5. The molecule has 2 amide bonds. The summed E-state index contributed by atoms with van der Waals surface area (Å²) in [5.74, 6) is -0.411. The van der Waals surface area contributed by atoms with Crippen LogP contribution in [0.15, 0.2) is 94.7 Å². The van der Waals surface area contributed by atoms with Crippen LogP contribution in [-0.4, -0.2) is 41.5 Å². The number of amides is 2. The first-order chi connectivity index (χ1) is 20.3. The molecule has 6 rings (SSSR count). The van der Waals surface area contributed by atoms with E-state index in [1.807, 2.05) is 54.3 Å². The van der Waals surface area contributed by atoms with Crippen LogP contribution in [0.5, 0.6) is 0 Å². The van der Waals surface area contributed by atoms with Gasteiger partial charge in [-0.1, -0.05) is 53.7 Å². The van der Waals surface area contributed by atoms with Gasteiger partial charge in [0, 0.05) is 51.8 Å². The number of aryl methyl sites for hydroxylation is 1. The van der Waals surface area contributed by atoms with Crippen LogP contribution in [0.4, 0.5) is 14.9 Å². The zero-order valence-electron chi connectivity index (χ0n) is 23.1. The highest BCUT2D eigenvalue weighted by Gasteiger charge is 2.47. The molecule has 1 spiro atoms. The van der Waals surface area contributed by atoms with Crippen molar-refractivity contribution in [2.75, 3.05) is 24.5 Å². The third kappa shape index (κ3) is 5.87. The summed E-state index contributed by atoms with van der Waals surface area (Å²) in [6.07, 6.45) is 1.04. The number of ether oxygens (including phenoxy) is 1. The topological polar surface area (TPSA) is 62.7 Å². The summed E-state index contributed by atoms with van der Waals surface area (Å²) in [6.45, 7) is 3.57. The maximum absolute atomic E-state index is 13.9. The largest absolute Gasteiger partial charge is 0.445 e. The van der Waals surface area contributed by atoms with Crippen LogP contribution >= 0.6 is 23.4 Å². The van der Waals surface area contributed by atoms with Crippen molar-refractivity contribution in [2.24, 2.45) is 0 Å². The number of pyridine rings is 1. The average Bonchev–Trinajstić information content (AvgIpc) is 3.30. The SMILES string of the molecule is Cc1cc(C(=O)N2CC3(CCN(C(=O)OCc4ccccc4)CC3)c3cc(Sc4ccc(F)cc4)ccc32)cc(Cl)n1. The lowest BCUT2D eigenvalue weighted by Crippen LogP contribution is -2.48. The molecule has 0 saturated carbocycles. The van der Waals surface area contributed by atoms with Gasteiger partial charge in [-0.2, -0.15) is 0 Å². The van der Waals surface area contributed by atoms with Gasteiger partial charge in [-0.25, -0.2) is 14.2 Å². The molecular formula is C33H29ClFN3O3S. The molecule has 0 bridgehead atoms. The van der Waals surface area contributed by atoms with Crippen molar-refractivity contribution in [1.29, 1.82) is 0 Å². The Hall–Kier alpha value is -3.88. The minimum atomic E-state index is -0.331. The molecule has 0 unspecified atom stereocenters. The van der Waals surface area contributed by atoms with Crippen LogP contribution in [0, 0.1) is 12.7 Å². The van der Waals surface area contributed by atoms with E-state index in [0.29, 0.717) is 43.7 Å². The van der Waals surface area contributed by atoms with Crippen LogP contribution in [0.25, 0.3) is 0 Å². The van der Waals surface area contributed by atoms with E-state index in [1.165, 1.54) is 12.1 Å². The molecule has 0 N–H and O–H groups in total. The third-order valence-electron chi connectivity index (χ3n) is 7.94. The number of halogens is 2. The number of anilines is 1. The smallest absolute Gasteiger partial charge is 0.410 e. The van der Waals surface area contributed by atoms with Gasteiger partial charge < -0.3 is 14.5 Å². The lowest BCUT2D eigenvalue weighted by Gasteiger charge is -2.39. The second kappa shape index (κ2) is 11.8. The highest BCUT2D eigenvalue weighted by atomic mass is 35.5. The highest BCUT2D eigenvalue weighted by Crippen LogP contribution is 2.49. The number of fused-ring (bicyclic) bond motifs is 2. The molecule has 3 aromatic carbocycles. The quantitative estimate of drug-likeness (QED) is 0.220. The molecule has 4 aromatic rings. The summed E-state index contributed by atoms with van der Waals surface area (Å²) in [6, 6.07) is 25.5. The zero-order valence-corrected chi connectivity index (χ0v) is 24.6. The van der Waals surface area contributed by atoms with Gasteiger partial charge in [0.15, 0.2) is 0 Å². The number of hydrogen-bond acceptors (Lipinski definition) is 5. The Kier molecular flexibility index (Phi) is 7.92. The fourth-order valence-corrected chi connectivity index (χ4v) is 6.90. The van der Waals surface area contributed by atoms with Gasteiger partial charge in [-0.05, 0) is 85.5 Å². The van der Waals surface area contributed by atoms with Crippen LogP contribution in [-0.2, 0) is 16.8 Å². The third-order valence-corrected chi connectivity index (χ3v) is 9.13. The number of carbonyl (C=O) groups is 2. The second-order valence-corrected chi connectivity index (χ2v) is 12.3. The van der Waals surface area contributed by atoms with Crippen molar-refractivity contribution in [3.05, 3.63) is 118 Å².